The first-order valence-electron chi connectivity index (χ1n) is 21.7. The maximum Gasteiger partial charge on any atom is 0.274 e. The summed E-state index contributed by atoms with van der Waals surface area (Å²) in [6.45, 7) is 6.93. The predicted octanol–water partition coefficient (Wildman–Crippen LogP) is 10.6. The molecule has 8 aromatic rings. The molecule has 2 fully saturated rings. The summed E-state index contributed by atoms with van der Waals surface area (Å²) in [4.78, 5) is 51.1. The Morgan fingerprint density at radius 3 is 2.12 bits per heavy atom. The van der Waals surface area contributed by atoms with Crippen LogP contribution in [-0.4, -0.2) is 54.0 Å². The van der Waals surface area contributed by atoms with Crippen LogP contribution >= 0.6 is 22.7 Å². The smallest absolute Gasteiger partial charge is 0.274 e. The molecule has 6 aromatic heterocycles. The molecule has 322 valence electrons. The summed E-state index contributed by atoms with van der Waals surface area (Å²) in [7, 11) is 0. The van der Waals surface area contributed by atoms with Gasteiger partial charge < -0.3 is 18.9 Å². The molecular formula is C50H48N10O2S2. The first-order valence-corrected chi connectivity index (χ1v) is 23.5. The lowest BCUT2D eigenvalue weighted by atomic mass is 10.1. The third-order valence-corrected chi connectivity index (χ3v) is 13.8. The summed E-state index contributed by atoms with van der Waals surface area (Å²) in [6.07, 6.45) is 11.4. The highest BCUT2D eigenvalue weighted by atomic mass is 32.1. The number of benzene rings is 2. The van der Waals surface area contributed by atoms with Gasteiger partial charge >= 0.3 is 0 Å². The number of para-hydroxylation sites is 1. The molecule has 0 spiro atoms. The minimum absolute atomic E-state index is 0.0517. The number of thiazole rings is 2. The number of nitrogens with one attached hydrogen (secondary N) is 2. The van der Waals surface area contributed by atoms with E-state index >= 15 is 0 Å². The highest BCUT2D eigenvalue weighted by molar-refractivity contribution is 7.14. The molecule has 2 aliphatic rings. The van der Waals surface area contributed by atoms with Crippen molar-refractivity contribution in [2.75, 3.05) is 33.5 Å². The number of amides is 2. The van der Waals surface area contributed by atoms with Crippen molar-refractivity contribution in [3.05, 3.63) is 178 Å². The van der Waals surface area contributed by atoms with Gasteiger partial charge in [0.25, 0.3) is 11.8 Å². The Morgan fingerprint density at radius 1 is 0.703 bits per heavy atom. The van der Waals surface area contributed by atoms with E-state index in [1.807, 2.05) is 79.5 Å². The van der Waals surface area contributed by atoms with Crippen LogP contribution in [0.4, 0.5) is 21.6 Å². The molecule has 12 nitrogen and oxygen atoms in total. The van der Waals surface area contributed by atoms with Crippen molar-refractivity contribution in [2.45, 2.75) is 64.7 Å². The van der Waals surface area contributed by atoms with Gasteiger partial charge in [-0.2, -0.15) is 0 Å². The number of nitrogens with zero attached hydrogens (tertiary/aromatic N) is 8. The SMILES string of the molecule is Cc1cc(Cn2c(C(=O)Nc3nc([C@H]4CCCN4c4ccccc4)cs3)ccc2-c2cccc(N3CCC[C@@H]3c3csc(NC(=O)c4cccn4Cc4ccncc4C)n3)c2)ccn1. The molecule has 0 unspecified atom stereocenters. The molecule has 0 radical (unpaired) electrons. The molecule has 0 aliphatic carbocycles. The van der Waals surface area contributed by atoms with Crippen molar-refractivity contribution in [2.24, 2.45) is 0 Å². The first-order chi connectivity index (χ1) is 31.3. The highest BCUT2D eigenvalue weighted by Gasteiger charge is 2.31. The lowest BCUT2D eigenvalue weighted by molar-refractivity contribution is 0.101. The van der Waals surface area contributed by atoms with Gasteiger partial charge in [0.1, 0.15) is 11.4 Å². The predicted molar refractivity (Wildman–Crippen MR) is 256 cm³/mol. The zero-order chi connectivity index (χ0) is 43.6. The topological polar surface area (TPSA) is 126 Å². The van der Waals surface area contributed by atoms with Gasteiger partial charge in [0.2, 0.25) is 0 Å². The molecule has 2 atom stereocenters. The van der Waals surface area contributed by atoms with Crippen molar-refractivity contribution in [3.8, 4) is 11.3 Å². The molecule has 2 aliphatic heterocycles. The summed E-state index contributed by atoms with van der Waals surface area (Å²) < 4.78 is 4.05. The Kier molecular flexibility index (Phi) is 11.6. The second-order valence-corrected chi connectivity index (χ2v) is 18.2. The maximum atomic E-state index is 14.2. The number of hydrogen-bond donors (Lipinski definition) is 2. The average molecular weight is 885 g/mol. The fraction of sp³-hybridized carbons (Fsp3) is 0.240. The quantitative estimate of drug-likeness (QED) is 0.117. The Labute approximate surface area is 380 Å². The molecule has 10 rings (SSSR count). The van der Waals surface area contributed by atoms with E-state index in [1.54, 1.807) is 6.20 Å². The molecule has 2 amide bonds. The van der Waals surface area contributed by atoms with Crippen LogP contribution in [0.2, 0.25) is 0 Å². The van der Waals surface area contributed by atoms with Crippen molar-refractivity contribution < 1.29 is 9.59 Å². The highest BCUT2D eigenvalue weighted by Crippen LogP contribution is 2.40. The van der Waals surface area contributed by atoms with E-state index in [1.165, 1.54) is 28.4 Å². The molecule has 8 heterocycles. The number of aryl methyl sites for hydroxylation is 2. The van der Waals surface area contributed by atoms with Gasteiger partial charge in [-0.15, -0.1) is 22.7 Å². The number of carbonyl (C=O) groups excluding carboxylic acids is 2. The van der Waals surface area contributed by atoms with E-state index in [0.717, 1.165) is 89.5 Å². The Balaban J connectivity index is 0.875. The molecule has 64 heavy (non-hydrogen) atoms. The largest absolute Gasteiger partial charge is 0.363 e. The summed E-state index contributed by atoms with van der Waals surface area (Å²) in [5, 5.41) is 11.5. The summed E-state index contributed by atoms with van der Waals surface area (Å²) >= 11 is 2.92. The van der Waals surface area contributed by atoms with E-state index in [4.69, 9.17) is 9.97 Å². The Hall–Kier alpha value is -6.90. The monoisotopic (exact) mass is 884 g/mol. The van der Waals surface area contributed by atoms with E-state index < -0.39 is 0 Å². The van der Waals surface area contributed by atoms with Gasteiger partial charge in [0.05, 0.1) is 23.5 Å². The number of pyridine rings is 2. The van der Waals surface area contributed by atoms with Crippen LogP contribution in [0.3, 0.4) is 0 Å². The standard InChI is InChI=1S/C50H48N10O2S2/c1-33-28-51-21-20-37(33)30-57-23-7-16-45(57)47(61)55-49-54-41(32-63-49)44-15-9-25-59(44)39-13-6-10-36(27-39)42-17-18-46(60(42)29-35-19-22-52-34(2)26-35)48(62)56-50-53-40(31-64-50)43-14-8-24-58(43)38-11-4-3-5-12-38/h3-7,10-13,16-23,26-28,31-32,43-44H,8-9,14-15,24-25,29-30H2,1-2H3,(H,53,56,62)(H,54,55,61)/t43-,44-/m1/s1. The third-order valence-electron chi connectivity index (χ3n) is 12.3. The fourth-order valence-electron chi connectivity index (χ4n) is 9.14. The van der Waals surface area contributed by atoms with Gasteiger partial charge in [-0.3, -0.25) is 30.2 Å². The number of hydrogen-bond acceptors (Lipinski definition) is 10. The molecule has 14 heteroatoms. The summed E-state index contributed by atoms with van der Waals surface area (Å²) in [5.74, 6) is -0.397. The Bertz CT molecular complexity index is 2930. The van der Waals surface area contributed by atoms with Gasteiger partial charge in [-0.1, -0.05) is 30.3 Å². The van der Waals surface area contributed by atoms with Crippen LogP contribution < -0.4 is 20.4 Å². The van der Waals surface area contributed by atoms with Crippen molar-refractivity contribution in [1.82, 2.24) is 29.1 Å². The van der Waals surface area contributed by atoms with Crippen molar-refractivity contribution in [3.63, 3.8) is 0 Å². The van der Waals surface area contributed by atoms with Crippen LogP contribution in [-0.2, 0) is 13.1 Å². The van der Waals surface area contributed by atoms with Gasteiger partial charge in [-0.05, 0) is 123 Å². The Morgan fingerprint density at radius 2 is 1.41 bits per heavy atom. The molecule has 2 saturated heterocycles. The second kappa shape index (κ2) is 18.1. The molecule has 2 aromatic carbocycles. The van der Waals surface area contributed by atoms with Gasteiger partial charge in [0, 0.05) is 90.1 Å². The van der Waals surface area contributed by atoms with E-state index in [2.05, 4.69) is 100 Å². The maximum absolute atomic E-state index is 14.2. The zero-order valence-corrected chi connectivity index (χ0v) is 37.4. The van der Waals surface area contributed by atoms with E-state index in [9.17, 15) is 9.59 Å². The second-order valence-electron chi connectivity index (χ2n) is 16.5. The lowest BCUT2D eigenvalue weighted by Crippen LogP contribution is -2.23. The van der Waals surface area contributed by atoms with Crippen LogP contribution in [0.5, 0.6) is 0 Å². The van der Waals surface area contributed by atoms with Crippen molar-refractivity contribution >= 4 is 56.1 Å². The first kappa shape index (κ1) is 41.1. The average Bonchev–Trinajstić information content (AvgIpc) is 4.17. The van der Waals surface area contributed by atoms with Gasteiger partial charge in [-0.25, -0.2) is 9.97 Å². The normalized spacial score (nSPS) is 16.1. The van der Waals surface area contributed by atoms with Crippen LogP contribution in [0.1, 0.15) is 92.5 Å². The minimum atomic E-state index is -0.205. The van der Waals surface area contributed by atoms with E-state index in [-0.39, 0.29) is 23.9 Å². The zero-order valence-electron chi connectivity index (χ0n) is 35.7. The summed E-state index contributed by atoms with van der Waals surface area (Å²) in [5.41, 5.74) is 11.4. The van der Waals surface area contributed by atoms with Crippen molar-refractivity contribution in [1.29, 1.82) is 0 Å². The number of carbonyl (C=O) groups is 2. The molecular weight excluding hydrogens is 837 g/mol. The minimum Gasteiger partial charge on any atom is -0.363 e. The van der Waals surface area contributed by atoms with Crippen LogP contribution in [0.25, 0.3) is 11.3 Å². The van der Waals surface area contributed by atoms with Crippen LogP contribution in [0.15, 0.2) is 133 Å². The third kappa shape index (κ3) is 8.58. The van der Waals surface area contributed by atoms with Crippen LogP contribution in [0, 0.1) is 13.8 Å². The molecule has 2 N–H and O–H groups in total. The van der Waals surface area contributed by atoms with Gasteiger partial charge in [0.15, 0.2) is 10.3 Å². The van der Waals surface area contributed by atoms with E-state index in [0.29, 0.717) is 34.7 Å². The lowest BCUT2D eigenvalue weighted by Gasteiger charge is -2.26. The number of rotatable bonds is 13. The fourth-order valence-corrected chi connectivity index (χ4v) is 10.6. The number of aromatic nitrogens is 6. The summed E-state index contributed by atoms with van der Waals surface area (Å²) in [6, 6.07) is 33.0. The molecule has 0 bridgehead atoms. The number of anilines is 4. The molecule has 0 saturated carbocycles.